The fourth-order valence-corrected chi connectivity index (χ4v) is 4.81. The van der Waals surface area contributed by atoms with E-state index in [0.717, 1.165) is 43.8 Å². The fourth-order valence-electron chi connectivity index (χ4n) is 4.07. The summed E-state index contributed by atoms with van der Waals surface area (Å²) in [6, 6.07) is 0.287. The van der Waals surface area contributed by atoms with Crippen molar-refractivity contribution in [1.82, 2.24) is 10.2 Å². The van der Waals surface area contributed by atoms with Gasteiger partial charge in [0.1, 0.15) is 5.54 Å². The van der Waals surface area contributed by atoms with Gasteiger partial charge in [0.15, 0.2) is 0 Å². The van der Waals surface area contributed by atoms with E-state index in [0.29, 0.717) is 0 Å². The number of hydrogen-bond donors (Lipinski definition) is 1. The maximum Gasteiger partial charge on any atom is 0.249 e. The topological polar surface area (TPSA) is 49.4 Å². The second-order valence-corrected chi connectivity index (χ2v) is 7.57. The van der Waals surface area contributed by atoms with E-state index in [4.69, 9.17) is 0 Å². The van der Waals surface area contributed by atoms with Crippen LogP contribution in [0.3, 0.4) is 0 Å². The van der Waals surface area contributed by atoms with Gasteiger partial charge in [-0.2, -0.15) is 11.8 Å². The van der Waals surface area contributed by atoms with Crippen molar-refractivity contribution in [2.24, 2.45) is 0 Å². The molecule has 0 aromatic carbocycles. The van der Waals surface area contributed by atoms with Gasteiger partial charge in [0.25, 0.3) is 0 Å². The summed E-state index contributed by atoms with van der Waals surface area (Å²) < 4.78 is 0. The van der Waals surface area contributed by atoms with Crippen LogP contribution < -0.4 is 5.32 Å². The maximum atomic E-state index is 12.9. The number of piperazine rings is 1. The molecule has 1 saturated heterocycles. The maximum absolute atomic E-state index is 12.9. The highest BCUT2D eigenvalue weighted by Crippen LogP contribution is 2.36. The van der Waals surface area contributed by atoms with Crippen LogP contribution in [0.5, 0.6) is 0 Å². The lowest BCUT2D eigenvalue weighted by Gasteiger charge is -2.45. The number of hydrogen-bond acceptors (Lipinski definition) is 3. The van der Waals surface area contributed by atoms with E-state index >= 15 is 0 Å². The highest BCUT2D eigenvalue weighted by atomic mass is 32.2. The lowest BCUT2D eigenvalue weighted by molar-refractivity contribution is -0.152. The van der Waals surface area contributed by atoms with Gasteiger partial charge in [0, 0.05) is 11.3 Å². The first-order valence-corrected chi connectivity index (χ1v) is 9.08. The number of nitrogens with zero attached hydrogens (tertiary/aromatic N) is 1. The molecule has 0 aromatic rings. The van der Waals surface area contributed by atoms with Gasteiger partial charge in [-0.3, -0.25) is 9.59 Å². The Kier molecular flexibility index (Phi) is 3.98. The summed E-state index contributed by atoms with van der Waals surface area (Å²) in [4.78, 5) is 26.8. The van der Waals surface area contributed by atoms with E-state index in [1.807, 2.05) is 16.7 Å². The molecule has 2 amide bonds. The van der Waals surface area contributed by atoms with E-state index in [1.165, 1.54) is 12.8 Å². The molecule has 4 nitrogen and oxygen atoms in total. The van der Waals surface area contributed by atoms with Crippen molar-refractivity contribution in [3.05, 3.63) is 0 Å². The van der Waals surface area contributed by atoms with Crippen LogP contribution in [0.1, 0.15) is 51.4 Å². The Labute approximate surface area is 125 Å². The van der Waals surface area contributed by atoms with E-state index in [2.05, 4.69) is 11.6 Å². The number of carbonyl (C=O) groups excluding carboxylic acids is 2. The number of amides is 2. The molecular weight excluding hydrogens is 272 g/mol. The molecule has 1 aliphatic heterocycles. The zero-order chi connectivity index (χ0) is 14.2. The van der Waals surface area contributed by atoms with Crippen molar-refractivity contribution in [2.45, 2.75) is 68.2 Å². The minimum atomic E-state index is -0.550. The summed E-state index contributed by atoms with van der Waals surface area (Å²) in [5.74, 6) is 0.237. The van der Waals surface area contributed by atoms with Crippen molar-refractivity contribution in [3.63, 3.8) is 0 Å². The van der Waals surface area contributed by atoms with Crippen LogP contribution in [-0.4, -0.2) is 46.3 Å². The van der Waals surface area contributed by atoms with Crippen molar-refractivity contribution in [2.75, 3.05) is 12.8 Å². The molecule has 20 heavy (non-hydrogen) atoms. The zero-order valence-electron chi connectivity index (χ0n) is 12.2. The molecule has 0 bridgehead atoms. The van der Waals surface area contributed by atoms with Gasteiger partial charge in [0.2, 0.25) is 11.8 Å². The third-order valence-electron chi connectivity index (χ3n) is 5.24. The molecular formula is C15H24N2O2S. The van der Waals surface area contributed by atoms with Crippen LogP contribution in [0, 0.1) is 0 Å². The third-order valence-corrected chi connectivity index (χ3v) is 6.38. The van der Waals surface area contributed by atoms with E-state index in [-0.39, 0.29) is 24.4 Å². The molecule has 1 N–H and O–H groups in total. The van der Waals surface area contributed by atoms with E-state index < -0.39 is 5.54 Å². The molecule has 3 rings (SSSR count). The molecule has 2 aliphatic carbocycles. The first-order valence-electron chi connectivity index (χ1n) is 7.79. The predicted molar refractivity (Wildman–Crippen MR) is 80.6 cm³/mol. The Balaban J connectivity index is 1.72. The molecule has 112 valence electrons. The van der Waals surface area contributed by atoms with Gasteiger partial charge >= 0.3 is 0 Å². The van der Waals surface area contributed by atoms with Crippen molar-refractivity contribution < 1.29 is 9.59 Å². The molecule has 0 unspecified atom stereocenters. The molecule has 1 heterocycles. The molecule has 2 saturated carbocycles. The quantitative estimate of drug-likeness (QED) is 0.847. The van der Waals surface area contributed by atoms with Crippen molar-refractivity contribution in [3.8, 4) is 0 Å². The lowest BCUT2D eigenvalue weighted by atomic mass is 9.88. The summed E-state index contributed by atoms with van der Waals surface area (Å²) in [5.41, 5.74) is -0.550. The van der Waals surface area contributed by atoms with Crippen LogP contribution in [0.2, 0.25) is 0 Å². The summed E-state index contributed by atoms with van der Waals surface area (Å²) >= 11 is 1.93. The van der Waals surface area contributed by atoms with Crippen LogP contribution in [0.15, 0.2) is 0 Å². The average Bonchev–Trinajstić information content (AvgIpc) is 2.92. The second kappa shape index (κ2) is 5.58. The Morgan fingerprint density at radius 1 is 1.15 bits per heavy atom. The molecule has 3 fully saturated rings. The number of nitrogens with one attached hydrogen (secondary N) is 1. The molecule has 0 atom stereocenters. The number of rotatable bonds is 2. The fraction of sp³-hybridized carbons (Fsp3) is 0.867. The molecule has 0 aromatic heterocycles. The Morgan fingerprint density at radius 2 is 1.80 bits per heavy atom. The van der Waals surface area contributed by atoms with Crippen LogP contribution >= 0.6 is 11.8 Å². The first kappa shape index (κ1) is 14.2. The molecule has 3 aliphatic rings. The highest BCUT2D eigenvalue weighted by Gasteiger charge is 2.49. The first-order chi connectivity index (χ1) is 9.64. The van der Waals surface area contributed by atoms with Gasteiger partial charge < -0.3 is 10.2 Å². The molecule has 5 heteroatoms. The predicted octanol–water partition coefficient (Wildman–Crippen LogP) is 1.93. The molecule has 1 spiro atoms. The van der Waals surface area contributed by atoms with Gasteiger partial charge in [-0.25, -0.2) is 0 Å². The Hall–Kier alpha value is -0.710. The van der Waals surface area contributed by atoms with E-state index in [9.17, 15) is 9.59 Å². The number of carbonyl (C=O) groups is 2. The summed E-state index contributed by atoms with van der Waals surface area (Å²) in [7, 11) is 0. The minimum absolute atomic E-state index is 0.0403. The van der Waals surface area contributed by atoms with Gasteiger partial charge in [-0.1, -0.05) is 12.8 Å². The normalized spacial score (nSPS) is 33.5. The minimum Gasteiger partial charge on any atom is -0.340 e. The summed E-state index contributed by atoms with van der Waals surface area (Å²) in [6.45, 7) is 0.273. The summed E-state index contributed by atoms with van der Waals surface area (Å²) in [6.07, 6.45) is 10.4. The highest BCUT2D eigenvalue weighted by molar-refractivity contribution is 7.99. The smallest absolute Gasteiger partial charge is 0.249 e. The second-order valence-electron chi connectivity index (χ2n) is 6.44. The van der Waals surface area contributed by atoms with Gasteiger partial charge in [0.05, 0.1) is 6.54 Å². The van der Waals surface area contributed by atoms with Crippen molar-refractivity contribution >= 4 is 23.6 Å². The van der Waals surface area contributed by atoms with Gasteiger partial charge in [-0.05, 0) is 44.8 Å². The Morgan fingerprint density at radius 3 is 2.40 bits per heavy atom. The van der Waals surface area contributed by atoms with Crippen LogP contribution in [-0.2, 0) is 9.59 Å². The standard InChI is InChI=1S/C15H24N2O2S/c1-20-12-6-4-11(5-7-12)17-10-13(18)16-15(14(17)19)8-2-3-9-15/h11-12H,2-10H2,1H3,(H,16,18). The van der Waals surface area contributed by atoms with Crippen molar-refractivity contribution in [1.29, 1.82) is 0 Å². The SMILES string of the molecule is CSC1CCC(N2CC(=O)NC3(CCCC3)C2=O)CC1. The molecule has 0 radical (unpaired) electrons. The summed E-state index contributed by atoms with van der Waals surface area (Å²) in [5, 5.41) is 3.73. The van der Waals surface area contributed by atoms with E-state index in [1.54, 1.807) is 0 Å². The lowest BCUT2D eigenvalue weighted by Crippen LogP contribution is -2.67. The van der Waals surface area contributed by atoms with Gasteiger partial charge in [-0.15, -0.1) is 0 Å². The number of thioether (sulfide) groups is 1. The third kappa shape index (κ3) is 2.45. The zero-order valence-corrected chi connectivity index (χ0v) is 13.0. The Bertz CT molecular complexity index is 399. The largest absolute Gasteiger partial charge is 0.340 e. The van der Waals surface area contributed by atoms with Crippen LogP contribution in [0.4, 0.5) is 0 Å². The van der Waals surface area contributed by atoms with Crippen LogP contribution in [0.25, 0.3) is 0 Å². The monoisotopic (exact) mass is 296 g/mol. The average molecular weight is 296 g/mol.